The van der Waals surface area contributed by atoms with E-state index in [-0.39, 0.29) is 11.3 Å². The monoisotopic (exact) mass is 106 g/mol. The predicted octanol–water partition coefficient (Wildman–Crippen LogP) is 0.620. The normalized spacial score (nSPS) is 9.12. The highest BCUT2D eigenvalue weighted by Gasteiger charge is 1.88. The summed E-state index contributed by atoms with van der Waals surface area (Å²) in [5, 5.41) is 0. The molecule has 2 heteroatoms. The van der Waals surface area contributed by atoms with E-state index in [1.807, 2.05) is 0 Å². The number of halogens is 1. The summed E-state index contributed by atoms with van der Waals surface area (Å²) in [7, 11) is 5.14. The first-order valence-corrected chi connectivity index (χ1v) is 2.31. The highest BCUT2D eigenvalue weighted by molar-refractivity contribution is 6.32. The molecule has 1 aromatic rings. The van der Waals surface area contributed by atoms with Gasteiger partial charge in [0.05, 0.1) is 0 Å². The third-order valence-electron chi connectivity index (χ3n) is 0.905. The van der Waals surface area contributed by atoms with Gasteiger partial charge in [0.1, 0.15) is 13.7 Å². The van der Waals surface area contributed by atoms with Gasteiger partial charge < -0.3 is 0 Å². The molecule has 0 heterocycles. The maximum atomic E-state index is 12.2. The Morgan fingerprint density at radius 2 is 1.88 bits per heavy atom. The molecule has 0 aliphatic rings. The molecule has 0 aromatic heterocycles. The topological polar surface area (TPSA) is 0 Å². The summed E-state index contributed by atoms with van der Waals surface area (Å²) in [5.74, 6) is -0.354. The van der Waals surface area contributed by atoms with Crippen LogP contribution < -0.4 is 5.46 Å². The molecule has 0 fully saturated rings. The molecule has 1 rings (SSSR count). The van der Waals surface area contributed by atoms with Crippen molar-refractivity contribution in [3.63, 3.8) is 0 Å². The zero-order valence-corrected chi connectivity index (χ0v) is 4.26. The van der Waals surface area contributed by atoms with Crippen LogP contribution in [0.4, 0.5) is 4.39 Å². The largest absolute Gasteiger partial charge is 0.208 e. The van der Waals surface area contributed by atoms with Gasteiger partial charge in [0.15, 0.2) is 0 Å². The molecule has 0 saturated heterocycles. The maximum Gasteiger partial charge on any atom is 0.117 e. The van der Waals surface area contributed by atoms with E-state index in [0.29, 0.717) is 0 Å². The Kier molecular flexibility index (Phi) is 1.33. The summed E-state index contributed by atoms with van der Waals surface area (Å²) in [5.41, 5.74) is 0.201. The zero-order valence-electron chi connectivity index (χ0n) is 4.26. The van der Waals surface area contributed by atoms with E-state index in [9.17, 15) is 4.39 Å². The third kappa shape index (κ3) is 0.888. The molecule has 0 saturated carbocycles. The molecule has 0 atom stereocenters. The van der Waals surface area contributed by atoms with Crippen LogP contribution in [0.2, 0.25) is 0 Å². The van der Waals surface area contributed by atoms with E-state index < -0.39 is 0 Å². The number of benzene rings is 1. The van der Waals surface area contributed by atoms with Crippen molar-refractivity contribution in [3.8, 4) is 0 Å². The van der Waals surface area contributed by atoms with Crippen molar-refractivity contribution in [1.82, 2.24) is 0 Å². The van der Waals surface area contributed by atoms with Gasteiger partial charge >= 0.3 is 0 Å². The number of hydrogen-bond donors (Lipinski definition) is 0. The Labute approximate surface area is 48.7 Å². The summed E-state index contributed by atoms with van der Waals surface area (Å²) in [6.45, 7) is 0. The Bertz CT molecular complexity index is 165. The fraction of sp³-hybridized carbons (Fsp3) is 0. The lowest BCUT2D eigenvalue weighted by Gasteiger charge is -1.89. The van der Waals surface area contributed by atoms with Gasteiger partial charge in [0.25, 0.3) is 0 Å². The smallest absolute Gasteiger partial charge is 0.117 e. The first kappa shape index (κ1) is 5.35. The second-order valence-electron chi connectivity index (χ2n) is 1.52. The van der Waals surface area contributed by atoms with Crippen LogP contribution in [0.25, 0.3) is 0 Å². The quantitative estimate of drug-likeness (QED) is 0.425. The van der Waals surface area contributed by atoms with Crippen molar-refractivity contribution in [2.75, 3.05) is 0 Å². The standard InChI is InChI=1S/C6H4BF/c7-5-3-1-2-4-6(5)8/h1-4H. The summed E-state index contributed by atoms with van der Waals surface area (Å²) in [6, 6.07) is 6.15. The Morgan fingerprint density at radius 1 is 1.25 bits per heavy atom. The van der Waals surface area contributed by atoms with Crippen LogP contribution in [0.5, 0.6) is 0 Å². The van der Waals surface area contributed by atoms with E-state index >= 15 is 0 Å². The lowest BCUT2D eigenvalue weighted by Crippen LogP contribution is -2.05. The molecule has 0 bridgehead atoms. The molecule has 0 unspecified atom stereocenters. The van der Waals surface area contributed by atoms with E-state index in [1.165, 1.54) is 12.1 Å². The minimum absolute atomic E-state index is 0.201. The lowest BCUT2D eigenvalue weighted by atomic mass is 9.96. The lowest BCUT2D eigenvalue weighted by molar-refractivity contribution is 0.636. The predicted molar refractivity (Wildman–Crippen MR) is 31.8 cm³/mol. The fourth-order valence-corrected chi connectivity index (χ4v) is 0.475. The molecule has 0 aliphatic heterocycles. The van der Waals surface area contributed by atoms with Crippen molar-refractivity contribution in [2.45, 2.75) is 0 Å². The molecule has 38 valence electrons. The molecule has 0 amide bonds. The Morgan fingerprint density at radius 3 is 2.25 bits per heavy atom. The number of hydrogen-bond acceptors (Lipinski definition) is 0. The molecule has 1 aromatic carbocycles. The highest BCUT2D eigenvalue weighted by Crippen LogP contribution is 1.88. The van der Waals surface area contributed by atoms with Gasteiger partial charge in [-0.15, -0.1) is 0 Å². The van der Waals surface area contributed by atoms with E-state index in [4.69, 9.17) is 7.85 Å². The van der Waals surface area contributed by atoms with Crippen molar-refractivity contribution < 1.29 is 4.39 Å². The van der Waals surface area contributed by atoms with Crippen molar-refractivity contribution in [3.05, 3.63) is 30.1 Å². The van der Waals surface area contributed by atoms with Crippen molar-refractivity contribution >= 4 is 13.3 Å². The highest BCUT2D eigenvalue weighted by atomic mass is 19.1. The Balaban J connectivity index is 3.13. The van der Waals surface area contributed by atoms with Crippen LogP contribution >= 0.6 is 0 Å². The summed E-state index contributed by atoms with van der Waals surface area (Å²) in [6.07, 6.45) is 0. The number of rotatable bonds is 0. The van der Waals surface area contributed by atoms with E-state index in [2.05, 4.69) is 0 Å². The molecular formula is C6H4BF. The minimum atomic E-state index is -0.354. The van der Waals surface area contributed by atoms with Crippen LogP contribution in [0.15, 0.2) is 24.3 Å². The maximum absolute atomic E-state index is 12.2. The van der Waals surface area contributed by atoms with Gasteiger partial charge in [-0.05, 0) is 6.07 Å². The average Bonchev–Trinajstić information content (AvgIpc) is 1.77. The molecule has 0 nitrogen and oxygen atoms in total. The van der Waals surface area contributed by atoms with E-state index in [1.54, 1.807) is 12.1 Å². The fourth-order valence-electron chi connectivity index (χ4n) is 0.475. The van der Waals surface area contributed by atoms with Crippen LogP contribution in [0.1, 0.15) is 0 Å². The summed E-state index contributed by atoms with van der Waals surface area (Å²) >= 11 is 0. The molecule has 2 radical (unpaired) electrons. The van der Waals surface area contributed by atoms with Gasteiger partial charge in [-0.3, -0.25) is 0 Å². The summed E-state index contributed by atoms with van der Waals surface area (Å²) < 4.78 is 12.2. The van der Waals surface area contributed by atoms with Crippen molar-refractivity contribution in [2.24, 2.45) is 0 Å². The van der Waals surface area contributed by atoms with Crippen LogP contribution in [-0.4, -0.2) is 7.85 Å². The first-order valence-electron chi connectivity index (χ1n) is 2.31. The zero-order chi connectivity index (χ0) is 5.98. The first-order chi connectivity index (χ1) is 3.80. The molecule has 0 aliphatic carbocycles. The molecule has 0 N–H and O–H groups in total. The van der Waals surface area contributed by atoms with Gasteiger partial charge in [0, 0.05) is 0 Å². The SMILES string of the molecule is [B]c1ccccc1F. The summed E-state index contributed by atoms with van der Waals surface area (Å²) in [4.78, 5) is 0. The van der Waals surface area contributed by atoms with Gasteiger partial charge in [0.2, 0.25) is 0 Å². The van der Waals surface area contributed by atoms with Crippen LogP contribution in [0.3, 0.4) is 0 Å². The third-order valence-corrected chi connectivity index (χ3v) is 0.905. The van der Waals surface area contributed by atoms with Crippen LogP contribution in [0, 0.1) is 5.82 Å². The molecule has 0 spiro atoms. The molecule has 8 heavy (non-hydrogen) atoms. The van der Waals surface area contributed by atoms with Gasteiger partial charge in [-0.1, -0.05) is 23.7 Å². The second-order valence-corrected chi connectivity index (χ2v) is 1.52. The average molecular weight is 106 g/mol. The Hall–Kier alpha value is -0.785. The second kappa shape index (κ2) is 1.99. The molecular weight excluding hydrogens is 102 g/mol. The van der Waals surface area contributed by atoms with Crippen LogP contribution in [-0.2, 0) is 0 Å². The van der Waals surface area contributed by atoms with E-state index in [0.717, 1.165) is 0 Å². The van der Waals surface area contributed by atoms with Crippen molar-refractivity contribution in [1.29, 1.82) is 0 Å². The van der Waals surface area contributed by atoms with Gasteiger partial charge in [-0.2, -0.15) is 0 Å². The van der Waals surface area contributed by atoms with Gasteiger partial charge in [-0.25, -0.2) is 4.39 Å². The minimum Gasteiger partial charge on any atom is -0.208 e.